The van der Waals surface area contributed by atoms with Gasteiger partial charge in [-0.25, -0.2) is 0 Å². The maximum absolute atomic E-state index is 12.5. The molecule has 4 nitrogen and oxygen atoms in total. The van der Waals surface area contributed by atoms with Crippen LogP contribution in [0.1, 0.15) is 22.8 Å². The van der Waals surface area contributed by atoms with Gasteiger partial charge in [0, 0.05) is 19.4 Å². The maximum atomic E-state index is 12.5. The minimum atomic E-state index is -4.35. The van der Waals surface area contributed by atoms with Gasteiger partial charge in [0.2, 0.25) is 5.89 Å². The van der Waals surface area contributed by atoms with Crippen LogP contribution in [0.4, 0.5) is 13.2 Å². The molecule has 2 N–H and O–H groups in total. The lowest BCUT2D eigenvalue weighted by molar-refractivity contribution is -0.137. The second-order valence-corrected chi connectivity index (χ2v) is 4.02. The Labute approximate surface area is 107 Å². The van der Waals surface area contributed by atoms with Gasteiger partial charge in [0.25, 0.3) is 0 Å². The molecule has 1 heterocycles. The van der Waals surface area contributed by atoms with Crippen molar-refractivity contribution in [2.24, 2.45) is 5.73 Å². The van der Waals surface area contributed by atoms with Crippen LogP contribution < -0.4 is 5.73 Å². The molecule has 19 heavy (non-hydrogen) atoms. The van der Waals surface area contributed by atoms with E-state index in [4.69, 9.17) is 10.3 Å². The van der Waals surface area contributed by atoms with E-state index in [1.807, 2.05) is 0 Å². The van der Waals surface area contributed by atoms with Crippen molar-refractivity contribution in [1.29, 1.82) is 0 Å². The highest BCUT2D eigenvalue weighted by Gasteiger charge is 2.30. The summed E-state index contributed by atoms with van der Waals surface area (Å²) >= 11 is 0. The number of nitrogens with zero attached hydrogens (tertiary/aromatic N) is 2. The Morgan fingerprint density at radius 1 is 1.26 bits per heavy atom. The van der Waals surface area contributed by atoms with Crippen LogP contribution in [0.25, 0.3) is 0 Å². The largest absolute Gasteiger partial charge is 0.416 e. The average molecular weight is 271 g/mol. The first-order valence-corrected chi connectivity index (χ1v) is 5.66. The summed E-state index contributed by atoms with van der Waals surface area (Å²) in [4.78, 5) is 4.05. The van der Waals surface area contributed by atoms with E-state index in [9.17, 15) is 13.2 Å². The minimum Gasteiger partial charge on any atom is -0.339 e. The third-order valence-electron chi connectivity index (χ3n) is 2.48. The SMILES string of the molecule is NCCc1nc(Cc2cccc(C(F)(F)F)c2)no1. The van der Waals surface area contributed by atoms with Gasteiger partial charge >= 0.3 is 6.18 Å². The van der Waals surface area contributed by atoms with Gasteiger partial charge in [-0.15, -0.1) is 0 Å². The van der Waals surface area contributed by atoms with E-state index < -0.39 is 11.7 Å². The quantitative estimate of drug-likeness (QED) is 0.925. The topological polar surface area (TPSA) is 64.9 Å². The molecule has 0 radical (unpaired) electrons. The first-order chi connectivity index (χ1) is 8.99. The summed E-state index contributed by atoms with van der Waals surface area (Å²) in [6.07, 6.45) is -3.70. The number of hydrogen-bond donors (Lipinski definition) is 1. The van der Waals surface area contributed by atoms with Crippen LogP contribution in [0.5, 0.6) is 0 Å². The molecule has 0 aliphatic heterocycles. The Bertz CT molecular complexity index is 551. The summed E-state index contributed by atoms with van der Waals surface area (Å²) in [6.45, 7) is 0.380. The lowest BCUT2D eigenvalue weighted by atomic mass is 10.1. The summed E-state index contributed by atoms with van der Waals surface area (Å²) in [5.74, 6) is 0.743. The van der Waals surface area contributed by atoms with Crippen LogP contribution in [0.15, 0.2) is 28.8 Å². The summed E-state index contributed by atoms with van der Waals surface area (Å²) in [5, 5.41) is 3.70. The van der Waals surface area contributed by atoms with Crippen LogP contribution in [-0.2, 0) is 19.0 Å². The van der Waals surface area contributed by atoms with E-state index in [0.29, 0.717) is 30.2 Å². The summed E-state index contributed by atoms with van der Waals surface area (Å²) in [6, 6.07) is 5.06. The number of aromatic nitrogens is 2. The molecule has 0 atom stereocenters. The molecule has 0 amide bonds. The Balaban J connectivity index is 2.14. The fraction of sp³-hybridized carbons (Fsp3) is 0.333. The number of rotatable bonds is 4. The Morgan fingerprint density at radius 2 is 2.05 bits per heavy atom. The van der Waals surface area contributed by atoms with Crippen LogP contribution in [0.3, 0.4) is 0 Å². The Kier molecular flexibility index (Phi) is 3.84. The molecule has 0 saturated heterocycles. The van der Waals surface area contributed by atoms with E-state index >= 15 is 0 Å². The third-order valence-corrected chi connectivity index (χ3v) is 2.48. The number of halogens is 3. The van der Waals surface area contributed by atoms with Crippen molar-refractivity contribution < 1.29 is 17.7 Å². The van der Waals surface area contributed by atoms with Crippen molar-refractivity contribution in [3.63, 3.8) is 0 Å². The minimum absolute atomic E-state index is 0.192. The zero-order valence-electron chi connectivity index (χ0n) is 9.94. The van der Waals surface area contributed by atoms with Gasteiger partial charge in [0.05, 0.1) is 5.56 Å². The van der Waals surface area contributed by atoms with Crippen LogP contribution in [-0.4, -0.2) is 16.7 Å². The van der Waals surface area contributed by atoms with Crippen LogP contribution in [0, 0.1) is 0 Å². The fourth-order valence-electron chi connectivity index (χ4n) is 1.63. The normalized spacial score (nSPS) is 11.8. The molecular weight excluding hydrogens is 259 g/mol. The van der Waals surface area contributed by atoms with Gasteiger partial charge in [-0.3, -0.25) is 0 Å². The molecule has 102 valence electrons. The predicted molar refractivity (Wildman–Crippen MR) is 61.3 cm³/mol. The number of alkyl halides is 3. The van der Waals surface area contributed by atoms with E-state index in [0.717, 1.165) is 12.1 Å². The molecule has 2 rings (SSSR count). The lowest BCUT2D eigenvalue weighted by Gasteiger charge is -2.07. The summed E-state index contributed by atoms with van der Waals surface area (Å²) in [7, 11) is 0. The van der Waals surface area contributed by atoms with Crippen molar-refractivity contribution in [3.8, 4) is 0 Å². The molecule has 7 heteroatoms. The fourth-order valence-corrected chi connectivity index (χ4v) is 1.63. The second kappa shape index (κ2) is 5.40. The van der Waals surface area contributed by atoms with E-state index in [2.05, 4.69) is 10.1 Å². The highest BCUT2D eigenvalue weighted by molar-refractivity contribution is 5.27. The second-order valence-electron chi connectivity index (χ2n) is 4.02. The van der Waals surface area contributed by atoms with Gasteiger partial charge < -0.3 is 10.3 Å². The summed E-state index contributed by atoms with van der Waals surface area (Å²) < 4.78 is 42.6. The monoisotopic (exact) mass is 271 g/mol. The van der Waals surface area contributed by atoms with Gasteiger partial charge in [-0.1, -0.05) is 23.4 Å². The Hall–Kier alpha value is -1.89. The maximum Gasteiger partial charge on any atom is 0.416 e. The lowest BCUT2D eigenvalue weighted by Crippen LogP contribution is -2.05. The van der Waals surface area contributed by atoms with Gasteiger partial charge in [-0.05, 0) is 11.6 Å². The van der Waals surface area contributed by atoms with Gasteiger partial charge in [-0.2, -0.15) is 18.2 Å². The van der Waals surface area contributed by atoms with E-state index in [1.165, 1.54) is 6.07 Å². The first-order valence-electron chi connectivity index (χ1n) is 5.66. The van der Waals surface area contributed by atoms with Gasteiger partial charge in [0.15, 0.2) is 5.82 Å². The average Bonchev–Trinajstić information content (AvgIpc) is 2.76. The molecule has 0 aliphatic rings. The molecule has 0 aliphatic carbocycles. The molecule has 0 unspecified atom stereocenters. The van der Waals surface area contributed by atoms with Crippen molar-refractivity contribution in [2.75, 3.05) is 6.54 Å². The van der Waals surface area contributed by atoms with Crippen molar-refractivity contribution in [1.82, 2.24) is 10.1 Å². The highest BCUT2D eigenvalue weighted by Crippen LogP contribution is 2.29. The predicted octanol–water partition coefficient (Wildman–Crippen LogP) is 2.18. The third kappa shape index (κ3) is 3.54. The van der Waals surface area contributed by atoms with Crippen molar-refractivity contribution in [3.05, 3.63) is 47.1 Å². The van der Waals surface area contributed by atoms with Gasteiger partial charge in [0.1, 0.15) is 0 Å². The van der Waals surface area contributed by atoms with E-state index in [1.54, 1.807) is 6.07 Å². The zero-order chi connectivity index (χ0) is 13.9. The molecule has 1 aromatic heterocycles. The Morgan fingerprint density at radius 3 is 2.74 bits per heavy atom. The number of benzene rings is 1. The molecule has 0 spiro atoms. The molecule has 0 saturated carbocycles. The number of nitrogens with two attached hydrogens (primary N) is 1. The van der Waals surface area contributed by atoms with Crippen molar-refractivity contribution in [2.45, 2.75) is 19.0 Å². The molecule has 2 aromatic rings. The van der Waals surface area contributed by atoms with Crippen molar-refractivity contribution >= 4 is 0 Å². The number of hydrogen-bond acceptors (Lipinski definition) is 4. The van der Waals surface area contributed by atoms with Crippen LogP contribution in [0.2, 0.25) is 0 Å². The molecule has 0 bridgehead atoms. The van der Waals surface area contributed by atoms with E-state index in [-0.39, 0.29) is 6.42 Å². The molecular formula is C12H12F3N3O. The van der Waals surface area contributed by atoms with Crippen LogP contribution >= 0.6 is 0 Å². The standard InChI is InChI=1S/C12H12F3N3O/c13-12(14,15)9-3-1-2-8(6-9)7-10-17-11(4-5-16)19-18-10/h1-3,6H,4-5,7,16H2. The highest BCUT2D eigenvalue weighted by atomic mass is 19.4. The smallest absolute Gasteiger partial charge is 0.339 e. The molecule has 0 fully saturated rings. The zero-order valence-corrected chi connectivity index (χ0v) is 9.94. The molecule has 1 aromatic carbocycles. The summed E-state index contributed by atoms with van der Waals surface area (Å²) in [5.41, 5.74) is 5.13. The first kappa shape index (κ1) is 13.5.